The van der Waals surface area contributed by atoms with Crippen LogP contribution in [0.2, 0.25) is 0 Å². The van der Waals surface area contributed by atoms with Crippen molar-refractivity contribution in [2.75, 3.05) is 0 Å². The number of aromatic nitrogens is 1. The van der Waals surface area contributed by atoms with Gasteiger partial charge in [0.2, 0.25) is 0 Å². The molecule has 0 saturated heterocycles. The van der Waals surface area contributed by atoms with Gasteiger partial charge in [-0.15, -0.1) is 0 Å². The van der Waals surface area contributed by atoms with Gasteiger partial charge in [0.1, 0.15) is 6.26 Å². The number of hydrogen-bond donors (Lipinski definition) is 0. The normalized spacial score (nSPS) is 12.5. The van der Waals surface area contributed by atoms with E-state index in [0.29, 0.717) is 6.26 Å². The van der Waals surface area contributed by atoms with Crippen LogP contribution in [0, 0.1) is 0 Å². The Labute approximate surface area is 67.4 Å². The van der Waals surface area contributed by atoms with Gasteiger partial charge >= 0.3 is 6.18 Å². The molecule has 0 bridgehead atoms. The molecule has 5 heteroatoms. The van der Waals surface area contributed by atoms with Crippen LogP contribution in [-0.2, 0) is 6.18 Å². The third kappa shape index (κ3) is 1.78. The molecule has 0 aliphatic rings. The van der Waals surface area contributed by atoms with Crippen LogP contribution in [0.25, 0.3) is 0 Å². The summed E-state index contributed by atoms with van der Waals surface area (Å²) in [7, 11) is 0. The van der Waals surface area contributed by atoms with E-state index in [4.69, 9.17) is 0 Å². The van der Waals surface area contributed by atoms with Gasteiger partial charge in [-0.25, -0.2) is 4.98 Å². The molecule has 0 radical (unpaired) electrons. The van der Waals surface area contributed by atoms with Gasteiger partial charge in [0.15, 0.2) is 11.6 Å². The molecule has 2 nitrogen and oxygen atoms in total. The summed E-state index contributed by atoms with van der Waals surface area (Å²) in [6, 6.07) is 0. The summed E-state index contributed by atoms with van der Waals surface area (Å²) in [4.78, 5) is 3.29. The lowest BCUT2D eigenvalue weighted by molar-refractivity contribution is -0.141. The van der Waals surface area contributed by atoms with Crippen molar-refractivity contribution >= 4 is 0 Å². The fourth-order valence-corrected chi connectivity index (χ4v) is 0.683. The average molecular weight is 179 g/mol. The zero-order chi connectivity index (χ0) is 9.35. The summed E-state index contributed by atoms with van der Waals surface area (Å²) in [5, 5.41) is 0. The fraction of sp³-hybridized carbons (Fsp3) is 0.571. The van der Waals surface area contributed by atoms with Gasteiger partial charge in [-0.05, 0) is 0 Å². The number of hydrogen-bond acceptors (Lipinski definition) is 2. The number of nitrogens with zero attached hydrogens (tertiary/aromatic N) is 1. The second-order valence-electron chi connectivity index (χ2n) is 2.72. The van der Waals surface area contributed by atoms with Gasteiger partial charge in [0.05, 0.1) is 0 Å². The first kappa shape index (κ1) is 9.09. The monoisotopic (exact) mass is 179 g/mol. The van der Waals surface area contributed by atoms with E-state index >= 15 is 0 Å². The van der Waals surface area contributed by atoms with Crippen molar-refractivity contribution in [3.8, 4) is 0 Å². The van der Waals surface area contributed by atoms with Crippen LogP contribution < -0.4 is 0 Å². The van der Waals surface area contributed by atoms with Crippen LogP contribution >= 0.6 is 0 Å². The molecule has 0 saturated carbocycles. The van der Waals surface area contributed by atoms with Crippen LogP contribution in [0.3, 0.4) is 0 Å². The number of alkyl halides is 3. The van der Waals surface area contributed by atoms with Crippen molar-refractivity contribution in [3.63, 3.8) is 0 Å². The summed E-state index contributed by atoms with van der Waals surface area (Å²) in [5.41, 5.74) is -0.966. The van der Waals surface area contributed by atoms with Crippen LogP contribution in [-0.4, -0.2) is 4.98 Å². The predicted octanol–water partition coefficient (Wildman–Crippen LogP) is 2.82. The number of oxazole rings is 1. The lowest BCUT2D eigenvalue weighted by atomic mass is 10.2. The molecule has 12 heavy (non-hydrogen) atoms. The Balaban J connectivity index is 2.92. The zero-order valence-electron chi connectivity index (χ0n) is 6.64. The molecule has 1 heterocycles. The molecule has 0 aromatic carbocycles. The molecule has 0 fully saturated rings. The molecule has 0 atom stereocenters. The molecular formula is C7H8F3NO. The minimum atomic E-state index is -4.41. The van der Waals surface area contributed by atoms with E-state index in [-0.39, 0.29) is 11.8 Å². The van der Waals surface area contributed by atoms with Crippen LogP contribution in [0.15, 0.2) is 10.7 Å². The van der Waals surface area contributed by atoms with Gasteiger partial charge in [0.25, 0.3) is 0 Å². The molecule has 0 N–H and O–H groups in total. The van der Waals surface area contributed by atoms with Crippen molar-refractivity contribution in [2.24, 2.45) is 0 Å². The lowest BCUT2D eigenvalue weighted by Crippen LogP contribution is -2.05. The average Bonchev–Trinajstić information content (AvgIpc) is 2.30. The standard InChI is InChI=1S/C7H8F3NO/c1-4(2)6-11-5(3-12-6)7(8,9)10/h3-4H,1-2H3. The molecule has 1 aromatic heterocycles. The molecule has 1 rings (SSSR count). The number of rotatable bonds is 1. The second-order valence-corrected chi connectivity index (χ2v) is 2.72. The van der Waals surface area contributed by atoms with E-state index in [1.807, 2.05) is 0 Å². The quantitative estimate of drug-likeness (QED) is 0.662. The first-order valence-corrected chi connectivity index (χ1v) is 3.44. The van der Waals surface area contributed by atoms with Crippen molar-refractivity contribution in [1.29, 1.82) is 0 Å². The highest BCUT2D eigenvalue weighted by Crippen LogP contribution is 2.29. The summed E-state index contributed by atoms with van der Waals surface area (Å²) in [5.74, 6) is -0.0107. The van der Waals surface area contributed by atoms with E-state index in [0.717, 1.165) is 0 Å². The minimum Gasteiger partial charge on any atom is -0.448 e. The first-order chi connectivity index (χ1) is 5.41. The van der Waals surface area contributed by atoms with Crippen LogP contribution in [0.1, 0.15) is 31.4 Å². The summed E-state index contributed by atoms with van der Waals surface area (Å²) in [6.07, 6.45) is -3.77. The van der Waals surface area contributed by atoms with Crippen molar-refractivity contribution in [1.82, 2.24) is 4.98 Å². The Morgan fingerprint density at radius 2 is 2.00 bits per heavy atom. The van der Waals surface area contributed by atoms with Gasteiger partial charge < -0.3 is 4.42 Å². The van der Waals surface area contributed by atoms with E-state index < -0.39 is 11.9 Å². The Bertz CT molecular complexity index is 264. The van der Waals surface area contributed by atoms with Crippen molar-refractivity contribution in [2.45, 2.75) is 25.9 Å². The Hall–Kier alpha value is -1.00. The van der Waals surface area contributed by atoms with Gasteiger partial charge in [-0.1, -0.05) is 13.8 Å². The first-order valence-electron chi connectivity index (χ1n) is 3.44. The van der Waals surface area contributed by atoms with Gasteiger partial charge in [-0.3, -0.25) is 0 Å². The molecule has 0 spiro atoms. The highest BCUT2D eigenvalue weighted by Gasteiger charge is 2.34. The highest BCUT2D eigenvalue weighted by molar-refractivity contribution is 5.02. The zero-order valence-corrected chi connectivity index (χ0v) is 6.64. The van der Waals surface area contributed by atoms with E-state index in [9.17, 15) is 13.2 Å². The Morgan fingerprint density at radius 3 is 2.25 bits per heavy atom. The summed E-state index contributed by atoms with van der Waals surface area (Å²) < 4.78 is 40.4. The maximum atomic E-state index is 11.9. The van der Waals surface area contributed by atoms with Gasteiger partial charge in [0, 0.05) is 5.92 Å². The van der Waals surface area contributed by atoms with Crippen molar-refractivity contribution < 1.29 is 17.6 Å². The van der Waals surface area contributed by atoms with Crippen molar-refractivity contribution in [3.05, 3.63) is 17.8 Å². The van der Waals surface area contributed by atoms with E-state index in [1.54, 1.807) is 13.8 Å². The molecule has 68 valence electrons. The summed E-state index contributed by atoms with van der Waals surface area (Å²) >= 11 is 0. The molecule has 0 amide bonds. The van der Waals surface area contributed by atoms with E-state index in [1.165, 1.54) is 0 Å². The fourth-order valence-electron chi connectivity index (χ4n) is 0.683. The molecule has 0 unspecified atom stereocenters. The number of halogens is 3. The maximum Gasteiger partial charge on any atom is 0.436 e. The SMILES string of the molecule is CC(C)c1nc(C(F)(F)F)co1. The Kier molecular flexibility index (Phi) is 2.12. The summed E-state index contributed by atoms with van der Waals surface area (Å²) in [6.45, 7) is 3.43. The second kappa shape index (κ2) is 2.80. The highest BCUT2D eigenvalue weighted by atomic mass is 19.4. The van der Waals surface area contributed by atoms with E-state index in [2.05, 4.69) is 9.40 Å². The molecule has 0 aliphatic carbocycles. The predicted molar refractivity (Wildman–Crippen MR) is 35.6 cm³/mol. The smallest absolute Gasteiger partial charge is 0.436 e. The van der Waals surface area contributed by atoms with Crippen LogP contribution in [0.5, 0.6) is 0 Å². The Morgan fingerprint density at radius 1 is 1.42 bits per heavy atom. The molecule has 1 aromatic rings. The van der Waals surface area contributed by atoms with Gasteiger partial charge in [-0.2, -0.15) is 13.2 Å². The molecule has 0 aliphatic heterocycles. The third-order valence-electron chi connectivity index (χ3n) is 1.31. The molecular weight excluding hydrogens is 171 g/mol. The lowest BCUT2D eigenvalue weighted by Gasteiger charge is -1.99. The minimum absolute atomic E-state index is 0.113. The third-order valence-corrected chi connectivity index (χ3v) is 1.31. The maximum absolute atomic E-state index is 11.9. The topological polar surface area (TPSA) is 26.0 Å². The largest absolute Gasteiger partial charge is 0.448 e. The van der Waals surface area contributed by atoms with Crippen LogP contribution in [0.4, 0.5) is 13.2 Å².